The lowest BCUT2D eigenvalue weighted by molar-refractivity contribution is -0.272. The highest BCUT2D eigenvalue weighted by Crippen LogP contribution is 2.54. The highest BCUT2D eigenvalue weighted by Gasteiger charge is 2.62. The van der Waals surface area contributed by atoms with E-state index in [1.807, 2.05) is 0 Å². The zero-order valence-electron chi connectivity index (χ0n) is 16.7. The fourth-order valence-electron chi connectivity index (χ4n) is 4.28. The first-order chi connectivity index (χ1) is 14.8. The van der Waals surface area contributed by atoms with Gasteiger partial charge in [-0.15, -0.1) is 0 Å². The van der Waals surface area contributed by atoms with Crippen LogP contribution in [-0.4, -0.2) is 32.0 Å². The summed E-state index contributed by atoms with van der Waals surface area (Å²) < 4.78 is 84.6. The number of halogens is 6. The Hall–Kier alpha value is -3.08. The Morgan fingerprint density at radius 3 is 2.50 bits per heavy atom. The third-order valence-corrected chi connectivity index (χ3v) is 5.78. The van der Waals surface area contributed by atoms with Crippen LogP contribution in [0.25, 0.3) is 10.9 Å². The summed E-state index contributed by atoms with van der Waals surface area (Å²) in [5.41, 5.74) is -4.48. The van der Waals surface area contributed by atoms with Gasteiger partial charge in [-0.2, -0.15) is 13.2 Å². The van der Waals surface area contributed by atoms with E-state index < -0.39 is 58.9 Å². The van der Waals surface area contributed by atoms with E-state index in [1.165, 1.54) is 13.8 Å². The largest absolute Gasteiger partial charge is 0.505 e. The molecule has 0 saturated heterocycles. The maximum atomic E-state index is 14.3. The molecule has 1 heterocycles. The molecule has 170 valence electrons. The number of aryl methyl sites for hydroxylation is 1. The van der Waals surface area contributed by atoms with Crippen molar-refractivity contribution < 1.29 is 36.6 Å². The zero-order chi connectivity index (χ0) is 23.6. The maximum absolute atomic E-state index is 14.3. The number of anilines is 1. The van der Waals surface area contributed by atoms with Crippen LogP contribution in [0.3, 0.4) is 0 Å². The molecule has 0 aliphatic heterocycles. The van der Waals surface area contributed by atoms with Crippen LogP contribution in [0.5, 0.6) is 5.75 Å². The smallest absolute Gasteiger partial charge is 0.419 e. The molecule has 3 unspecified atom stereocenters. The highest BCUT2D eigenvalue weighted by molar-refractivity contribution is 5.91. The second-order valence-corrected chi connectivity index (χ2v) is 7.90. The first kappa shape index (κ1) is 22.1. The Balaban J connectivity index is 1.96. The Morgan fingerprint density at radius 2 is 1.84 bits per heavy atom. The number of alkyl halides is 3. The number of fused-ring (bicyclic) bond motifs is 2. The zero-order valence-corrected chi connectivity index (χ0v) is 16.7. The summed E-state index contributed by atoms with van der Waals surface area (Å²) in [6, 6.07) is 0.438. The van der Waals surface area contributed by atoms with E-state index in [4.69, 9.17) is 0 Å². The van der Waals surface area contributed by atoms with Gasteiger partial charge in [0.2, 0.25) is 0 Å². The van der Waals surface area contributed by atoms with Gasteiger partial charge in [-0.3, -0.25) is 0 Å². The molecule has 0 amide bonds. The van der Waals surface area contributed by atoms with Gasteiger partial charge in [-0.25, -0.2) is 23.1 Å². The van der Waals surface area contributed by atoms with Gasteiger partial charge in [0.05, 0.1) is 6.04 Å². The summed E-state index contributed by atoms with van der Waals surface area (Å²) in [6.07, 6.45) is -4.94. The molecule has 5 nitrogen and oxygen atoms in total. The number of rotatable bonds is 2. The lowest BCUT2D eigenvalue weighted by Crippen LogP contribution is -2.55. The van der Waals surface area contributed by atoms with Crippen molar-refractivity contribution in [3.8, 4) is 5.75 Å². The summed E-state index contributed by atoms with van der Waals surface area (Å²) in [5.74, 6) is -5.50. The van der Waals surface area contributed by atoms with Gasteiger partial charge in [0.1, 0.15) is 11.3 Å². The first-order valence-corrected chi connectivity index (χ1v) is 9.53. The lowest BCUT2D eigenvalue weighted by Gasteiger charge is -2.45. The first-order valence-electron chi connectivity index (χ1n) is 9.53. The van der Waals surface area contributed by atoms with E-state index in [2.05, 4.69) is 15.3 Å². The average molecular weight is 457 g/mol. The molecule has 0 spiro atoms. The van der Waals surface area contributed by atoms with Crippen molar-refractivity contribution in [1.29, 1.82) is 0 Å². The van der Waals surface area contributed by atoms with Crippen LogP contribution in [0.1, 0.15) is 42.3 Å². The topological polar surface area (TPSA) is 78.3 Å². The van der Waals surface area contributed by atoms with Crippen molar-refractivity contribution in [2.45, 2.75) is 44.0 Å². The number of hydrogen-bond donors (Lipinski definition) is 3. The third kappa shape index (κ3) is 3.22. The quantitative estimate of drug-likeness (QED) is 0.472. The predicted molar refractivity (Wildman–Crippen MR) is 103 cm³/mol. The van der Waals surface area contributed by atoms with Gasteiger partial charge in [0.15, 0.2) is 28.8 Å². The van der Waals surface area contributed by atoms with Crippen LogP contribution < -0.4 is 5.32 Å². The second kappa shape index (κ2) is 7.22. The molecule has 4 rings (SSSR count). The number of aromatic nitrogens is 2. The van der Waals surface area contributed by atoms with Crippen molar-refractivity contribution in [1.82, 2.24) is 9.97 Å². The molecule has 3 N–H and O–H groups in total. The number of aromatic hydroxyl groups is 1. The SMILES string of the molecule is Cc1ncc2c(NC3c4ccc(F)c(O)c4C(C)CC3(O)C(F)(F)F)cc(F)c(F)c2n1. The van der Waals surface area contributed by atoms with Crippen LogP contribution in [-0.2, 0) is 0 Å². The number of hydrogen-bond acceptors (Lipinski definition) is 5. The molecule has 1 aromatic heterocycles. The molecule has 3 aromatic rings. The van der Waals surface area contributed by atoms with Crippen LogP contribution in [0.15, 0.2) is 24.4 Å². The normalized spacial score (nSPS) is 23.3. The number of phenolic OH excluding ortho intramolecular Hbond substituents is 1. The average Bonchev–Trinajstić information content (AvgIpc) is 2.70. The molecule has 0 fully saturated rings. The second-order valence-electron chi connectivity index (χ2n) is 7.90. The van der Waals surface area contributed by atoms with E-state index in [0.29, 0.717) is 6.07 Å². The number of nitrogens with zero attached hydrogens (tertiary/aromatic N) is 2. The van der Waals surface area contributed by atoms with Crippen LogP contribution in [0, 0.1) is 24.4 Å². The number of nitrogens with one attached hydrogen (secondary N) is 1. The number of phenols is 1. The van der Waals surface area contributed by atoms with Crippen LogP contribution in [0.4, 0.5) is 32.0 Å². The van der Waals surface area contributed by atoms with Gasteiger partial charge in [-0.1, -0.05) is 13.0 Å². The van der Waals surface area contributed by atoms with E-state index in [1.54, 1.807) is 0 Å². The van der Waals surface area contributed by atoms with Crippen LogP contribution in [0.2, 0.25) is 0 Å². The van der Waals surface area contributed by atoms with Crippen molar-refractivity contribution >= 4 is 16.6 Å². The molecule has 0 saturated carbocycles. The molecular weight excluding hydrogens is 440 g/mol. The van der Waals surface area contributed by atoms with Gasteiger partial charge in [0, 0.05) is 28.9 Å². The Labute approximate surface area is 177 Å². The number of aliphatic hydroxyl groups is 1. The van der Waals surface area contributed by atoms with Gasteiger partial charge >= 0.3 is 6.18 Å². The molecule has 0 radical (unpaired) electrons. The third-order valence-electron chi connectivity index (χ3n) is 5.78. The minimum Gasteiger partial charge on any atom is -0.505 e. The van der Waals surface area contributed by atoms with E-state index in [0.717, 1.165) is 18.3 Å². The Morgan fingerprint density at radius 1 is 1.16 bits per heavy atom. The molecule has 2 aromatic carbocycles. The van der Waals surface area contributed by atoms with E-state index in [9.17, 15) is 36.6 Å². The van der Waals surface area contributed by atoms with Crippen molar-refractivity contribution in [3.63, 3.8) is 0 Å². The van der Waals surface area contributed by atoms with Crippen molar-refractivity contribution in [2.24, 2.45) is 0 Å². The molecular formula is C21H17F6N3O2. The van der Waals surface area contributed by atoms with E-state index in [-0.39, 0.29) is 28.0 Å². The minimum atomic E-state index is -5.15. The minimum absolute atomic E-state index is 0.108. The van der Waals surface area contributed by atoms with Gasteiger partial charge < -0.3 is 15.5 Å². The van der Waals surface area contributed by atoms with Gasteiger partial charge in [0.25, 0.3) is 0 Å². The van der Waals surface area contributed by atoms with Crippen molar-refractivity contribution in [2.75, 3.05) is 5.32 Å². The highest BCUT2D eigenvalue weighted by atomic mass is 19.4. The molecule has 1 aliphatic rings. The van der Waals surface area contributed by atoms with Gasteiger partial charge in [-0.05, 0) is 30.9 Å². The number of benzene rings is 2. The Kier molecular flexibility index (Phi) is 5.00. The van der Waals surface area contributed by atoms with Crippen LogP contribution >= 0.6 is 0 Å². The standard InChI is InChI=1S/C21H17F6N3O2/c1-8-6-20(32,21(25,26)27)19(10-3-4-12(22)18(31)15(8)10)30-14-5-13(23)16(24)17-11(14)7-28-9(2)29-17/h3-5,7-8,19,30-32H,6H2,1-2H3. The fourth-order valence-corrected chi connectivity index (χ4v) is 4.28. The molecule has 0 bridgehead atoms. The molecule has 11 heteroatoms. The lowest BCUT2D eigenvalue weighted by atomic mass is 9.70. The summed E-state index contributed by atoms with van der Waals surface area (Å²) in [6.45, 7) is 2.74. The predicted octanol–water partition coefficient (Wildman–Crippen LogP) is 5.01. The summed E-state index contributed by atoms with van der Waals surface area (Å²) in [4.78, 5) is 7.70. The monoisotopic (exact) mass is 457 g/mol. The summed E-state index contributed by atoms with van der Waals surface area (Å²) in [5, 5.41) is 23.3. The maximum Gasteiger partial charge on any atom is 0.419 e. The summed E-state index contributed by atoms with van der Waals surface area (Å²) in [7, 11) is 0. The molecule has 32 heavy (non-hydrogen) atoms. The van der Waals surface area contributed by atoms with Crippen molar-refractivity contribution in [3.05, 3.63) is 58.8 Å². The molecule has 1 aliphatic carbocycles. The Bertz CT molecular complexity index is 1230. The molecule has 3 atom stereocenters. The van der Waals surface area contributed by atoms with E-state index >= 15 is 0 Å². The summed E-state index contributed by atoms with van der Waals surface area (Å²) >= 11 is 0. The fraction of sp³-hybridized carbons (Fsp3) is 0.333.